The van der Waals surface area contributed by atoms with E-state index in [1.807, 2.05) is 6.07 Å². The lowest BCUT2D eigenvalue weighted by Crippen LogP contribution is -2.30. The summed E-state index contributed by atoms with van der Waals surface area (Å²) in [7, 11) is 3.12. The Morgan fingerprint density at radius 2 is 1.92 bits per heavy atom. The van der Waals surface area contributed by atoms with Gasteiger partial charge in [0.25, 0.3) is 5.56 Å². The number of ether oxygens (including phenoxy) is 2. The Morgan fingerprint density at radius 1 is 1.19 bits per heavy atom. The van der Waals surface area contributed by atoms with Crippen molar-refractivity contribution in [2.75, 3.05) is 19.1 Å². The van der Waals surface area contributed by atoms with Crippen molar-refractivity contribution in [3.63, 3.8) is 0 Å². The van der Waals surface area contributed by atoms with Crippen LogP contribution in [0.5, 0.6) is 11.5 Å². The van der Waals surface area contributed by atoms with Crippen molar-refractivity contribution in [3.05, 3.63) is 58.1 Å². The zero-order chi connectivity index (χ0) is 18.3. The number of aromatic nitrogens is 2. The third-order valence-corrected chi connectivity index (χ3v) is 4.93. The van der Waals surface area contributed by atoms with Crippen LogP contribution in [0, 0.1) is 0 Å². The molecule has 1 aliphatic rings. The van der Waals surface area contributed by atoms with E-state index in [4.69, 9.17) is 9.47 Å². The fourth-order valence-corrected chi connectivity index (χ4v) is 3.62. The summed E-state index contributed by atoms with van der Waals surface area (Å²) in [5.41, 5.74) is 2.96. The minimum absolute atomic E-state index is 0.175. The lowest BCUT2D eigenvalue weighted by atomic mass is 10.1. The van der Waals surface area contributed by atoms with E-state index < -0.39 is 0 Å². The molecule has 1 aliphatic heterocycles. The van der Waals surface area contributed by atoms with Crippen LogP contribution in [0.4, 0.5) is 5.69 Å². The minimum Gasteiger partial charge on any atom is -0.493 e. The first-order chi connectivity index (χ1) is 12.6. The Labute approximate surface area is 151 Å². The summed E-state index contributed by atoms with van der Waals surface area (Å²) < 4.78 is 10.6. The summed E-state index contributed by atoms with van der Waals surface area (Å²) in [6.45, 7) is 2.74. The molecule has 3 aromatic rings. The van der Waals surface area contributed by atoms with Gasteiger partial charge < -0.3 is 19.4 Å². The maximum absolute atomic E-state index is 12.6. The highest BCUT2D eigenvalue weighted by atomic mass is 16.5. The molecule has 0 spiro atoms. The summed E-state index contributed by atoms with van der Waals surface area (Å²) >= 11 is 0. The molecule has 2 aromatic carbocycles. The monoisotopic (exact) mass is 351 g/mol. The number of para-hydroxylation sites is 1. The molecule has 6 heteroatoms. The average molecular weight is 351 g/mol. The smallest absolute Gasteiger partial charge is 0.258 e. The van der Waals surface area contributed by atoms with Crippen LogP contribution in [-0.2, 0) is 13.0 Å². The second-order valence-corrected chi connectivity index (χ2v) is 6.55. The van der Waals surface area contributed by atoms with Crippen LogP contribution in [0.3, 0.4) is 0 Å². The van der Waals surface area contributed by atoms with Crippen molar-refractivity contribution in [2.24, 2.45) is 0 Å². The highest BCUT2D eigenvalue weighted by Gasteiger charge is 2.26. The molecule has 0 amide bonds. The number of H-pyrrole nitrogens is 1. The molecule has 0 fully saturated rings. The van der Waals surface area contributed by atoms with Crippen molar-refractivity contribution in [1.29, 1.82) is 0 Å². The number of aromatic amines is 1. The van der Waals surface area contributed by atoms with Gasteiger partial charge in [0.2, 0.25) is 0 Å². The van der Waals surface area contributed by atoms with Gasteiger partial charge in [0.1, 0.15) is 5.82 Å². The fraction of sp³-hybridized carbons (Fsp3) is 0.300. The van der Waals surface area contributed by atoms with Crippen LogP contribution in [-0.4, -0.2) is 30.2 Å². The van der Waals surface area contributed by atoms with E-state index in [1.54, 1.807) is 26.4 Å². The van der Waals surface area contributed by atoms with E-state index >= 15 is 0 Å². The van der Waals surface area contributed by atoms with Crippen LogP contribution >= 0.6 is 0 Å². The van der Waals surface area contributed by atoms with Gasteiger partial charge in [-0.05, 0) is 31.0 Å². The second kappa shape index (κ2) is 6.37. The predicted octanol–water partition coefficient (Wildman–Crippen LogP) is 2.89. The van der Waals surface area contributed by atoms with E-state index in [-0.39, 0.29) is 5.56 Å². The molecule has 134 valence electrons. The van der Waals surface area contributed by atoms with Crippen LogP contribution in [0.15, 0.2) is 41.2 Å². The summed E-state index contributed by atoms with van der Waals surface area (Å²) in [5, 5.41) is 0.487. The van der Waals surface area contributed by atoms with Gasteiger partial charge in [-0.2, -0.15) is 0 Å². The SMILES string of the molecule is COc1cc2nc(CN3c4ccccc4C[C@H]3C)[nH]c(=O)c2cc1OC. The summed E-state index contributed by atoms with van der Waals surface area (Å²) in [5.74, 6) is 1.71. The number of anilines is 1. The number of benzene rings is 2. The Balaban J connectivity index is 1.75. The van der Waals surface area contributed by atoms with E-state index in [0.717, 1.165) is 6.42 Å². The summed E-state index contributed by atoms with van der Waals surface area (Å²) in [4.78, 5) is 22.4. The van der Waals surface area contributed by atoms with E-state index in [2.05, 4.69) is 40.0 Å². The van der Waals surface area contributed by atoms with Crippen molar-refractivity contribution < 1.29 is 9.47 Å². The van der Waals surface area contributed by atoms with E-state index in [0.29, 0.717) is 40.8 Å². The highest BCUT2D eigenvalue weighted by Crippen LogP contribution is 2.33. The zero-order valence-electron chi connectivity index (χ0n) is 15.1. The lowest BCUT2D eigenvalue weighted by molar-refractivity contribution is 0.355. The Morgan fingerprint density at radius 3 is 2.69 bits per heavy atom. The van der Waals surface area contributed by atoms with Crippen molar-refractivity contribution in [1.82, 2.24) is 9.97 Å². The quantitative estimate of drug-likeness (QED) is 0.783. The lowest BCUT2D eigenvalue weighted by Gasteiger charge is -2.24. The number of fused-ring (bicyclic) bond motifs is 2. The van der Waals surface area contributed by atoms with Crippen molar-refractivity contribution >= 4 is 16.6 Å². The molecule has 0 unspecified atom stereocenters. The topological polar surface area (TPSA) is 67.5 Å². The third kappa shape index (κ3) is 2.67. The van der Waals surface area contributed by atoms with Gasteiger partial charge in [-0.1, -0.05) is 18.2 Å². The van der Waals surface area contributed by atoms with Crippen LogP contribution in [0.2, 0.25) is 0 Å². The molecule has 26 heavy (non-hydrogen) atoms. The molecule has 0 aliphatic carbocycles. The molecular formula is C20H21N3O3. The number of hydrogen-bond donors (Lipinski definition) is 1. The number of methoxy groups -OCH3 is 2. The molecule has 0 saturated heterocycles. The van der Waals surface area contributed by atoms with Gasteiger partial charge in [0, 0.05) is 17.8 Å². The van der Waals surface area contributed by atoms with Gasteiger partial charge in [0.05, 0.1) is 31.7 Å². The zero-order valence-corrected chi connectivity index (χ0v) is 15.1. The van der Waals surface area contributed by atoms with Crippen LogP contribution in [0.1, 0.15) is 18.3 Å². The molecule has 6 nitrogen and oxygen atoms in total. The van der Waals surface area contributed by atoms with Crippen LogP contribution in [0.25, 0.3) is 10.9 Å². The first kappa shape index (κ1) is 16.4. The molecule has 2 heterocycles. The number of rotatable bonds is 4. The van der Waals surface area contributed by atoms with Crippen LogP contribution < -0.4 is 19.9 Å². The molecule has 0 saturated carbocycles. The van der Waals surface area contributed by atoms with E-state index in [1.165, 1.54) is 11.3 Å². The highest BCUT2D eigenvalue weighted by molar-refractivity contribution is 5.81. The first-order valence-corrected chi connectivity index (χ1v) is 8.60. The number of hydrogen-bond acceptors (Lipinski definition) is 5. The molecule has 4 rings (SSSR count). The molecular weight excluding hydrogens is 330 g/mol. The predicted molar refractivity (Wildman–Crippen MR) is 101 cm³/mol. The van der Waals surface area contributed by atoms with Crippen molar-refractivity contribution in [3.8, 4) is 11.5 Å². The van der Waals surface area contributed by atoms with E-state index in [9.17, 15) is 4.79 Å². The molecule has 1 N–H and O–H groups in total. The third-order valence-electron chi connectivity index (χ3n) is 4.93. The normalized spacial score (nSPS) is 16.0. The molecule has 1 aromatic heterocycles. The Kier molecular flexibility index (Phi) is 4.03. The van der Waals surface area contributed by atoms with Gasteiger partial charge in [-0.25, -0.2) is 4.98 Å². The Hall–Kier alpha value is -3.02. The number of nitrogens with zero attached hydrogens (tertiary/aromatic N) is 2. The summed E-state index contributed by atoms with van der Waals surface area (Å²) in [6, 6.07) is 12.1. The van der Waals surface area contributed by atoms with Gasteiger partial charge >= 0.3 is 0 Å². The molecule has 0 bridgehead atoms. The summed E-state index contributed by atoms with van der Waals surface area (Å²) in [6.07, 6.45) is 0.999. The largest absolute Gasteiger partial charge is 0.493 e. The maximum Gasteiger partial charge on any atom is 0.258 e. The standard InChI is InChI=1S/C20H21N3O3/c1-12-8-13-6-4-5-7-16(13)23(12)11-19-21-15-10-18(26-3)17(25-2)9-14(15)20(24)22-19/h4-7,9-10,12H,8,11H2,1-3H3,(H,21,22,24)/t12-/m1/s1. The molecule has 0 radical (unpaired) electrons. The second-order valence-electron chi connectivity index (χ2n) is 6.55. The van der Waals surface area contributed by atoms with Gasteiger partial charge in [-0.3, -0.25) is 4.79 Å². The molecule has 1 atom stereocenters. The van der Waals surface area contributed by atoms with Crippen molar-refractivity contribution in [2.45, 2.75) is 25.9 Å². The fourth-order valence-electron chi connectivity index (χ4n) is 3.62. The van der Waals surface area contributed by atoms with Gasteiger partial charge in [-0.15, -0.1) is 0 Å². The minimum atomic E-state index is -0.175. The first-order valence-electron chi connectivity index (χ1n) is 8.60. The Bertz CT molecular complexity index is 1030. The average Bonchev–Trinajstić information content (AvgIpc) is 2.96. The maximum atomic E-state index is 12.6. The number of nitrogens with one attached hydrogen (secondary N) is 1. The van der Waals surface area contributed by atoms with Gasteiger partial charge in [0.15, 0.2) is 11.5 Å².